The highest BCUT2D eigenvalue weighted by atomic mass is 35.5. The first-order valence-electron chi connectivity index (χ1n) is 10.1. The zero-order chi connectivity index (χ0) is 24.2. The molecule has 1 saturated heterocycles. The molecule has 1 unspecified atom stereocenters. The van der Waals surface area contributed by atoms with E-state index in [2.05, 4.69) is 5.32 Å². The number of hydrogen-bond donors (Lipinski definition) is 1. The molecule has 1 aliphatic heterocycles. The van der Waals surface area contributed by atoms with Crippen molar-refractivity contribution in [2.75, 3.05) is 10.2 Å². The van der Waals surface area contributed by atoms with Crippen molar-refractivity contribution in [1.82, 2.24) is 0 Å². The van der Waals surface area contributed by atoms with Gasteiger partial charge in [-0.25, -0.2) is 0 Å². The third-order valence-electron chi connectivity index (χ3n) is 5.04. The second-order valence-electron chi connectivity index (χ2n) is 7.31. The second kappa shape index (κ2) is 10.5. The highest BCUT2D eigenvalue weighted by molar-refractivity contribution is 8.05. The number of nitrogens with zero attached hydrogens (tertiary/aromatic N) is 2. The van der Waals surface area contributed by atoms with Crippen LogP contribution in [0.5, 0.6) is 0 Å². The van der Waals surface area contributed by atoms with Gasteiger partial charge in [0, 0.05) is 26.4 Å². The van der Waals surface area contributed by atoms with E-state index in [-0.39, 0.29) is 22.9 Å². The van der Waals surface area contributed by atoms with Crippen LogP contribution in [0.4, 0.5) is 11.4 Å². The number of carbonyl (C=O) groups is 2. The quantitative estimate of drug-likeness (QED) is 0.295. The van der Waals surface area contributed by atoms with Crippen molar-refractivity contribution in [2.24, 2.45) is 0 Å². The Hall–Kier alpha value is -2.95. The summed E-state index contributed by atoms with van der Waals surface area (Å²) in [4.78, 5) is 28.0. The number of amides is 2. The summed E-state index contributed by atoms with van der Waals surface area (Å²) < 4.78 is 0. The molecule has 4 rings (SSSR count). The van der Waals surface area contributed by atoms with Crippen LogP contribution in [0.15, 0.2) is 83.4 Å². The average Bonchev–Trinajstić information content (AvgIpc) is 3.14. The van der Waals surface area contributed by atoms with E-state index in [0.29, 0.717) is 32.0 Å². The fourth-order valence-electron chi connectivity index (χ4n) is 3.43. The Balaban J connectivity index is 1.72. The molecular formula is C25H16Cl3N3O2S. The maximum absolute atomic E-state index is 13.5. The van der Waals surface area contributed by atoms with Gasteiger partial charge in [0.1, 0.15) is 16.7 Å². The predicted molar refractivity (Wildman–Crippen MR) is 138 cm³/mol. The van der Waals surface area contributed by atoms with Crippen LogP contribution in [-0.2, 0) is 16.0 Å². The van der Waals surface area contributed by atoms with Crippen LogP contribution in [0.3, 0.4) is 0 Å². The minimum atomic E-state index is -0.623. The SMILES string of the molecule is N#CC(C(=O)Nc1ccc(Cl)cc1)=C1SC(Cc2cc(Cl)ccc2Cl)C(=O)N1c1ccccc1. The molecular weight excluding hydrogens is 513 g/mol. The predicted octanol–water partition coefficient (Wildman–Crippen LogP) is 6.71. The Bertz CT molecular complexity index is 1320. The Morgan fingerprint density at radius 3 is 2.35 bits per heavy atom. The molecule has 3 aromatic rings. The molecule has 0 saturated carbocycles. The fourth-order valence-corrected chi connectivity index (χ4v) is 5.24. The topological polar surface area (TPSA) is 73.2 Å². The molecule has 5 nitrogen and oxygen atoms in total. The molecule has 1 aliphatic rings. The largest absolute Gasteiger partial charge is 0.321 e. The number of nitriles is 1. The molecule has 1 N–H and O–H groups in total. The van der Waals surface area contributed by atoms with Gasteiger partial charge in [-0.15, -0.1) is 0 Å². The third kappa shape index (κ3) is 5.24. The van der Waals surface area contributed by atoms with E-state index in [1.165, 1.54) is 4.90 Å². The van der Waals surface area contributed by atoms with E-state index in [0.717, 1.165) is 11.8 Å². The molecule has 1 atom stereocenters. The minimum absolute atomic E-state index is 0.170. The first-order valence-corrected chi connectivity index (χ1v) is 12.1. The highest BCUT2D eigenvalue weighted by Crippen LogP contribution is 2.42. The Morgan fingerprint density at radius 1 is 1.00 bits per heavy atom. The maximum atomic E-state index is 13.5. The van der Waals surface area contributed by atoms with Gasteiger partial charge in [0.2, 0.25) is 5.91 Å². The van der Waals surface area contributed by atoms with Crippen molar-refractivity contribution in [3.8, 4) is 6.07 Å². The van der Waals surface area contributed by atoms with Crippen molar-refractivity contribution in [2.45, 2.75) is 11.7 Å². The molecule has 9 heteroatoms. The van der Waals surface area contributed by atoms with Gasteiger partial charge in [-0.2, -0.15) is 5.26 Å². The number of benzene rings is 3. The second-order valence-corrected chi connectivity index (χ2v) is 9.78. The number of rotatable bonds is 5. The first-order chi connectivity index (χ1) is 16.4. The first kappa shape index (κ1) is 24.2. The Morgan fingerprint density at radius 2 is 1.68 bits per heavy atom. The normalized spacial score (nSPS) is 16.8. The summed E-state index contributed by atoms with van der Waals surface area (Å²) in [6, 6.07) is 22.5. The summed E-state index contributed by atoms with van der Waals surface area (Å²) in [5, 5.41) is 13.8. The van der Waals surface area contributed by atoms with Crippen molar-refractivity contribution >= 4 is 69.8 Å². The summed E-state index contributed by atoms with van der Waals surface area (Å²) in [7, 11) is 0. The summed E-state index contributed by atoms with van der Waals surface area (Å²) in [5.74, 6) is -0.878. The summed E-state index contributed by atoms with van der Waals surface area (Å²) in [6.45, 7) is 0. The minimum Gasteiger partial charge on any atom is -0.321 e. The van der Waals surface area contributed by atoms with E-state index in [9.17, 15) is 14.9 Å². The van der Waals surface area contributed by atoms with E-state index >= 15 is 0 Å². The summed E-state index contributed by atoms with van der Waals surface area (Å²) >= 11 is 19.5. The van der Waals surface area contributed by atoms with E-state index in [4.69, 9.17) is 34.8 Å². The third-order valence-corrected chi connectivity index (χ3v) is 7.15. The highest BCUT2D eigenvalue weighted by Gasteiger charge is 2.41. The number of para-hydroxylation sites is 1. The van der Waals surface area contributed by atoms with Crippen LogP contribution >= 0.6 is 46.6 Å². The molecule has 0 spiro atoms. The van der Waals surface area contributed by atoms with Crippen LogP contribution in [-0.4, -0.2) is 17.1 Å². The van der Waals surface area contributed by atoms with Crippen molar-refractivity contribution < 1.29 is 9.59 Å². The fraction of sp³-hybridized carbons (Fsp3) is 0.0800. The lowest BCUT2D eigenvalue weighted by Crippen LogP contribution is -2.30. The molecule has 2 amide bonds. The van der Waals surface area contributed by atoms with Gasteiger partial charge in [-0.05, 0) is 66.6 Å². The molecule has 0 radical (unpaired) electrons. The maximum Gasteiger partial charge on any atom is 0.269 e. The van der Waals surface area contributed by atoms with Crippen LogP contribution in [0, 0.1) is 11.3 Å². The van der Waals surface area contributed by atoms with Crippen molar-refractivity contribution in [3.63, 3.8) is 0 Å². The van der Waals surface area contributed by atoms with E-state index in [1.54, 1.807) is 66.7 Å². The Kier molecular flexibility index (Phi) is 7.50. The number of anilines is 2. The number of halogens is 3. The molecule has 3 aromatic carbocycles. The summed E-state index contributed by atoms with van der Waals surface area (Å²) in [5.41, 5.74) is 1.57. The van der Waals surface area contributed by atoms with Gasteiger partial charge in [0.05, 0.1) is 5.25 Å². The molecule has 1 heterocycles. The van der Waals surface area contributed by atoms with Crippen LogP contribution < -0.4 is 10.2 Å². The molecule has 0 aliphatic carbocycles. The smallest absolute Gasteiger partial charge is 0.269 e. The molecule has 1 fully saturated rings. The van der Waals surface area contributed by atoms with Crippen molar-refractivity contribution in [3.05, 3.63) is 104 Å². The zero-order valence-corrected chi connectivity index (χ0v) is 20.6. The monoisotopic (exact) mass is 527 g/mol. The lowest BCUT2D eigenvalue weighted by Gasteiger charge is -2.18. The lowest BCUT2D eigenvalue weighted by atomic mass is 10.1. The van der Waals surface area contributed by atoms with Gasteiger partial charge in [-0.3, -0.25) is 14.5 Å². The van der Waals surface area contributed by atoms with Gasteiger partial charge < -0.3 is 5.32 Å². The molecule has 0 aromatic heterocycles. The average molecular weight is 529 g/mol. The molecule has 0 bridgehead atoms. The van der Waals surface area contributed by atoms with Crippen molar-refractivity contribution in [1.29, 1.82) is 5.26 Å². The van der Waals surface area contributed by atoms with E-state index in [1.807, 2.05) is 12.1 Å². The number of thioether (sulfide) groups is 1. The van der Waals surface area contributed by atoms with Crippen LogP contribution in [0.2, 0.25) is 15.1 Å². The molecule has 34 heavy (non-hydrogen) atoms. The number of carbonyl (C=O) groups excluding carboxylic acids is 2. The van der Waals surface area contributed by atoms with Crippen LogP contribution in [0.25, 0.3) is 0 Å². The van der Waals surface area contributed by atoms with Gasteiger partial charge in [0.25, 0.3) is 5.91 Å². The van der Waals surface area contributed by atoms with Gasteiger partial charge in [0.15, 0.2) is 0 Å². The van der Waals surface area contributed by atoms with Gasteiger partial charge >= 0.3 is 0 Å². The van der Waals surface area contributed by atoms with Gasteiger partial charge in [-0.1, -0.05) is 64.8 Å². The zero-order valence-electron chi connectivity index (χ0n) is 17.5. The standard InChI is InChI=1S/C25H16Cl3N3O2S/c26-16-6-9-18(10-7-16)30-23(32)20(14-29)25-31(19-4-2-1-3-5-19)24(33)22(34-25)13-15-12-17(27)8-11-21(15)28/h1-12,22H,13H2,(H,30,32). The Labute approximate surface area is 215 Å². The molecule has 170 valence electrons. The lowest BCUT2D eigenvalue weighted by molar-refractivity contribution is -0.117. The van der Waals surface area contributed by atoms with E-state index < -0.39 is 11.2 Å². The number of nitrogens with one attached hydrogen (secondary N) is 1. The summed E-state index contributed by atoms with van der Waals surface area (Å²) in [6.07, 6.45) is 0.285. The van der Waals surface area contributed by atoms with Crippen LogP contribution in [0.1, 0.15) is 5.56 Å². The number of hydrogen-bond acceptors (Lipinski definition) is 4.